The number of likely N-dealkylation sites (tertiary alicyclic amines) is 1. The number of hydrogen-bond donors (Lipinski definition) is 2. The van der Waals surface area contributed by atoms with E-state index >= 15 is 0 Å². The molecule has 0 spiro atoms. The normalized spacial score (nSPS) is 14.6. The third-order valence-electron chi connectivity index (χ3n) is 4.61. The van der Waals surface area contributed by atoms with Gasteiger partial charge in [0, 0.05) is 25.0 Å². The molecule has 5 nitrogen and oxygen atoms in total. The number of nitrogens with two attached hydrogens (primary N) is 1. The molecular weight excluding hydrogens is 403 g/mol. The van der Waals surface area contributed by atoms with Gasteiger partial charge in [0.25, 0.3) is 5.91 Å². The van der Waals surface area contributed by atoms with Gasteiger partial charge in [-0.15, -0.1) is 36.2 Å². The first-order chi connectivity index (χ1) is 12.3. The summed E-state index contributed by atoms with van der Waals surface area (Å²) in [5.74, 6) is -0.138. The standard InChI is InChI=1S/C19H26N4OS.2ClH/c20-11-18-22-17(14-25-18)19(24)21-12-15-7-3-4-8-16(15)13-23-9-5-1-2-6-10-23;;/h3-4,7-8,14H,1-2,5-6,9-13,20H2,(H,21,24);2*1H. The van der Waals surface area contributed by atoms with Gasteiger partial charge in [-0.25, -0.2) is 4.98 Å². The van der Waals surface area contributed by atoms with Gasteiger partial charge in [-0.3, -0.25) is 9.69 Å². The zero-order valence-corrected chi connectivity index (χ0v) is 17.8. The maximum absolute atomic E-state index is 12.3. The first kappa shape index (κ1) is 23.9. The molecule has 1 amide bonds. The van der Waals surface area contributed by atoms with E-state index in [2.05, 4.69) is 33.4 Å². The van der Waals surface area contributed by atoms with Crippen molar-refractivity contribution in [3.8, 4) is 0 Å². The molecule has 27 heavy (non-hydrogen) atoms. The van der Waals surface area contributed by atoms with Crippen molar-refractivity contribution in [1.29, 1.82) is 0 Å². The lowest BCUT2D eigenvalue weighted by Crippen LogP contribution is -2.27. The molecule has 2 heterocycles. The monoisotopic (exact) mass is 430 g/mol. The van der Waals surface area contributed by atoms with Crippen molar-refractivity contribution in [3.05, 3.63) is 51.5 Å². The predicted octanol–water partition coefficient (Wildman–Crippen LogP) is 3.75. The summed E-state index contributed by atoms with van der Waals surface area (Å²) in [5.41, 5.74) is 8.49. The van der Waals surface area contributed by atoms with Gasteiger partial charge < -0.3 is 11.1 Å². The Labute approximate surface area is 177 Å². The molecule has 0 unspecified atom stereocenters. The van der Waals surface area contributed by atoms with Gasteiger partial charge in [0.05, 0.1) is 0 Å². The summed E-state index contributed by atoms with van der Waals surface area (Å²) in [4.78, 5) is 19.0. The molecule has 3 rings (SSSR count). The van der Waals surface area contributed by atoms with Crippen molar-refractivity contribution >= 4 is 42.1 Å². The van der Waals surface area contributed by atoms with Gasteiger partial charge in [-0.1, -0.05) is 37.1 Å². The van der Waals surface area contributed by atoms with Crippen LogP contribution in [-0.4, -0.2) is 28.9 Å². The first-order valence-electron chi connectivity index (χ1n) is 8.98. The molecule has 1 aromatic carbocycles. The molecule has 3 N–H and O–H groups in total. The molecule has 1 aliphatic heterocycles. The van der Waals surface area contributed by atoms with Crippen LogP contribution in [0.15, 0.2) is 29.6 Å². The molecule has 0 atom stereocenters. The van der Waals surface area contributed by atoms with Crippen molar-refractivity contribution in [3.63, 3.8) is 0 Å². The topological polar surface area (TPSA) is 71.2 Å². The number of rotatable bonds is 6. The van der Waals surface area contributed by atoms with Crippen LogP contribution in [0, 0.1) is 0 Å². The Kier molecular flexibility index (Phi) is 10.9. The average Bonchev–Trinajstić information content (AvgIpc) is 2.98. The van der Waals surface area contributed by atoms with Crippen molar-refractivity contribution in [2.24, 2.45) is 5.73 Å². The molecule has 1 aromatic heterocycles. The van der Waals surface area contributed by atoms with E-state index in [0.717, 1.165) is 11.6 Å². The van der Waals surface area contributed by atoms with E-state index in [4.69, 9.17) is 5.73 Å². The molecule has 8 heteroatoms. The quantitative estimate of drug-likeness (QED) is 0.731. The summed E-state index contributed by atoms with van der Waals surface area (Å²) in [6.07, 6.45) is 5.25. The van der Waals surface area contributed by atoms with Crippen LogP contribution < -0.4 is 11.1 Å². The molecule has 1 fully saturated rings. The van der Waals surface area contributed by atoms with Crippen LogP contribution in [0.3, 0.4) is 0 Å². The molecule has 1 aliphatic rings. The highest BCUT2D eigenvalue weighted by atomic mass is 35.5. The van der Waals surface area contributed by atoms with E-state index in [1.807, 2.05) is 6.07 Å². The van der Waals surface area contributed by atoms with Crippen LogP contribution in [-0.2, 0) is 19.6 Å². The fourth-order valence-corrected chi connectivity index (χ4v) is 3.85. The number of amides is 1. The number of nitrogens with zero attached hydrogens (tertiary/aromatic N) is 2. The van der Waals surface area contributed by atoms with Gasteiger partial charge in [0.2, 0.25) is 0 Å². The Bertz CT molecular complexity index is 703. The number of hydrogen-bond acceptors (Lipinski definition) is 5. The van der Waals surface area contributed by atoms with Crippen molar-refractivity contribution in [2.75, 3.05) is 13.1 Å². The number of aromatic nitrogens is 1. The number of benzene rings is 1. The minimum Gasteiger partial charge on any atom is -0.347 e. The predicted molar refractivity (Wildman–Crippen MR) is 116 cm³/mol. The minimum absolute atomic E-state index is 0. The lowest BCUT2D eigenvalue weighted by Gasteiger charge is -2.21. The molecule has 0 bridgehead atoms. The molecule has 150 valence electrons. The van der Waals surface area contributed by atoms with Crippen LogP contribution in [0.1, 0.15) is 52.3 Å². The summed E-state index contributed by atoms with van der Waals surface area (Å²) >= 11 is 1.42. The van der Waals surface area contributed by atoms with Crippen LogP contribution in [0.5, 0.6) is 0 Å². The van der Waals surface area contributed by atoms with E-state index in [9.17, 15) is 4.79 Å². The molecule has 0 aliphatic carbocycles. The Morgan fingerprint density at radius 1 is 1.11 bits per heavy atom. The van der Waals surface area contributed by atoms with E-state index in [1.165, 1.54) is 61.2 Å². The molecular formula is C19H28Cl2N4OS. The highest BCUT2D eigenvalue weighted by Gasteiger charge is 2.13. The minimum atomic E-state index is -0.138. The van der Waals surface area contributed by atoms with E-state index in [0.29, 0.717) is 18.8 Å². The van der Waals surface area contributed by atoms with Crippen molar-refractivity contribution in [2.45, 2.75) is 45.3 Å². The summed E-state index contributed by atoms with van der Waals surface area (Å²) in [6.45, 7) is 4.19. The first-order valence-corrected chi connectivity index (χ1v) is 9.86. The highest BCUT2D eigenvalue weighted by molar-refractivity contribution is 7.09. The Hall–Kier alpha value is -1.18. The van der Waals surface area contributed by atoms with Crippen molar-refractivity contribution < 1.29 is 4.79 Å². The van der Waals surface area contributed by atoms with Gasteiger partial charge in [-0.05, 0) is 37.1 Å². The van der Waals surface area contributed by atoms with Crippen molar-refractivity contribution in [1.82, 2.24) is 15.2 Å². The number of carbonyl (C=O) groups is 1. The fraction of sp³-hybridized carbons (Fsp3) is 0.474. The van der Waals surface area contributed by atoms with E-state index in [-0.39, 0.29) is 30.7 Å². The van der Waals surface area contributed by atoms with E-state index in [1.54, 1.807) is 5.38 Å². The third kappa shape index (κ3) is 7.05. The second-order valence-electron chi connectivity index (χ2n) is 6.47. The zero-order valence-electron chi connectivity index (χ0n) is 15.4. The Morgan fingerprint density at radius 3 is 2.41 bits per heavy atom. The maximum Gasteiger partial charge on any atom is 0.271 e. The van der Waals surface area contributed by atoms with Crippen LogP contribution >= 0.6 is 36.2 Å². The van der Waals surface area contributed by atoms with Crippen LogP contribution in [0.4, 0.5) is 0 Å². The third-order valence-corrected chi connectivity index (χ3v) is 5.48. The van der Waals surface area contributed by atoms with E-state index < -0.39 is 0 Å². The Balaban J connectivity index is 0.00000182. The van der Waals surface area contributed by atoms with Crippen LogP contribution in [0.25, 0.3) is 0 Å². The zero-order chi connectivity index (χ0) is 17.5. The highest BCUT2D eigenvalue weighted by Crippen LogP contribution is 2.16. The SMILES string of the molecule is Cl.Cl.NCc1nc(C(=O)NCc2ccccc2CN2CCCCCC2)cs1. The molecule has 0 radical (unpaired) electrons. The van der Waals surface area contributed by atoms with Gasteiger partial charge in [-0.2, -0.15) is 0 Å². The molecule has 0 saturated carbocycles. The number of thiazole rings is 1. The Morgan fingerprint density at radius 2 is 1.78 bits per heavy atom. The number of nitrogens with one attached hydrogen (secondary N) is 1. The summed E-state index contributed by atoms with van der Waals surface area (Å²) in [6, 6.07) is 8.37. The van der Waals surface area contributed by atoms with Gasteiger partial charge >= 0.3 is 0 Å². The lowest BCUT2D eigenvalue weighted by molar-refractivity contribution is 0.0946. The van der Waals surface area contributed by atoms with Gasteiger partial charge in [0.15, 0.2) is 0 Å². The summed E-state index contributed by atoms with van der Waals surface area (Å²) in [7, 11) is 0. The largest absolute Gasteiger partial charge is 0.347 e. The second-order valence-corrected chi connectivity index (χ2v) is 7.42. The second kappa shape index (κ2) is 12.3. The lowest BCUT2D eigenvalue weighted by atomic mass is 10.1. The number of halogens is 2. The fourth-order valence-electron chi connectivity index (χ4n) is 3.19. The molecule has 1 saturated heterocycles. The van der Waals surface area contributed by atoms with Crippen LogP contribution in [0.2, 0.25) is 0 Å². The maximum atomic E-state index is 12.3. The average molecular weight is 431 g/mol. The molecule has 2 aromatic rings. The summed E-state index contributed by atoms with van der Waals surface area (Å²) < 4.78 is 0. The van der Waals surface area contributed by atoms with Gasteiger partial charge in [0.1, 0.15) is 10.7 Å². The smallest absolute Gasteiger partial charge is 0.271 e. The summed E-state index contributed by atoms with van der Waals surface area (Å²) in [5, 5.41) is 5.54. The number of carbonyl (C=O) groups excluding carboxylic acids is 1.